The molecule has 0 saturated carbocycles. The van der Waals surface area contributed by atoms with E-state index in [1.165, 1.54) is 7.11 Å². The first kappa shape index (κ1) is 22.1. The molecular formula is C23H24ClNO4S. The number of halogens is 1. The maximum absolute atomic E-state index is 12.1. The molecule has 1 aromatic carbocycles. The number of methoxy groups -OCH3 is 1. The van der Waals surface area contributed by atoms with E-state index in [2.05, 4.69) is 11.2 Å². The molecule has 0 saturated heterocycles. The zero-order chi connectivity index (χ0) is 21.5. The van der Waals surface area contributed by atoms with E-state index < -0.39 is 0 Å². The molecule has 1 heterocycles. The Morgan fingerprint density at radius 3 is 2.63 bits per heavy atom. The third-order valence-corrected chi connectivity index (χ3v) is 6.10. The Labute approximate surface area is 185 Å². The van der Waals surface area contributed by atoms with Crippen LogP contribution in [0.5, 0.6) is 0 Å². The predicted molar refractivity (Wildman–Crippen MR) is 121 cm³/mol. The molecule has 0 amide bonds. The number of carbonyl (C=O) groups excluding carboxylic acids is 1. The Balaban J connectivity index is 1.94. The third kappa shape index (κ3) is 5.52. The smallest absolute Gasteiger partial charge is 0.310 e. The van der Waals surface area contributed by atoms with E-state index in [0.717, 1.165) is 37.9 Å². The Morgan fingerprint density at radius 2 is 1.97 bits per heavy atom. The molecule has 1 aliphatic carbocycles. The van der Waals surface area contributed by atoms with Crippen LogP contribution in [0.15, 0.2) is 59.0 Å². The molecular weight excluding hydrogens is 422 g/mol. The van der Waals surface area contributed by atoms with Crippen molar-refractivity contribution in [3.8, 4) is 10.4 Å². The average Bonchev–Trinajstić information content (AvgIpc) is 3.12. The van der Waals surface area contributed by atoms with Crippen LogP contribution in [0, 0.1) is 0 Å². The number of hydrogen-bond acceptors (Lipinski definition) is 6. The first-order valence-corrected chi connectivity index (χ1v) is 10.8. The van der Waals surface area contributed by atoms with Gasteiger partial charge in [0.1, 0.15) is 12.9 Å². The molecule has 0 bridgehead atoms. The number of thiophene rings is 1. The van der Waals surface area contributed by atoms with Gasteiger partial charge in [0.2, 0.25) is 0 Å². The lowest BCUT2D eigenvalue weighted by atomic mass is 9.97. The van der Waals surface area contributed by atoms with Gasteiger partial charge in [-0.15, -0.1) is 11.3 Å². The number of nitrogens with zero attached hydrogens (tertiary/aromatic N) is 1. The van der Waals surface area contributed by atoms with Crippen LogP contribution in [0.1, 0.15) is 23.8 Å². The van der Waals surface area contributed by atoms with Gasteiger partial charge in [0.25, 0.3) is 0 Å². The lowest BCUT2D eigenvalue weighted by Gasteiger charge is -2.15. The van der Waals surface area contributed by atoms with E-state index in [9.17, 15) is 4.79 Å². The fourth-order valence-electron chi connectivity index (χ4n) is 3.23. The van der Waals surface area contributed by atoms with Crippen LogP contribution >= 0.6 is 22.9 Å². The molecule has 0 unspecified atom stereocenters. The van der Waals surface area contributed by atoms with Gasteiger partial charge in [-0.3, -0.25) is 4.79 Å². The maximum atomic E-state index is 12.1. The number of benzene rings is 1. The van der Waals surface area contributed by atoms with Gasteiger partial charge in [0.05, 0.1) is 32.3 Å². The van der Waals surface area contributed by atoms with Crippen molar-refractivity contribution in [3.63, 3.8) is 0 Å². The Hall–Kier alpha value is -2.57. The van der Waals surface area contributed by atoms with Crippen LogP contribution in [0.3, 0.4) is 0 Å². The quantitative estimate of drug-likeness (QED) is 0.393. The molecule has 1 aromatic heterocycles. The molecule has 0 N–H and O–H groups in total. The van der Waals surface area contributed by atoms with Crippen LogP contribution < -0.4 is 0 Å². The van der Waals surface area contributed by atoms with Crippen LogP contribution in [-0.2, 0) is 31.9 Å². The SMILES string of the molecule is CCOC(=O)Cc1cc(CC2=CC=C(OC)CC2=NOC)sc1-c1ccc(Cl)cc1. The van der Waals surface area contributed by atoms with Crippen molar-refractivity contribution in [2.24, 2.45) is 5.16 Å². The number of oxime groups is 1. The van der Waals surface area contributed by atoms with Crippen molar-refractivity contribution < 1.29 is 19.1 Å². The first-order valence-electron chi connectivity index (χ1n) is 9.61. The van der Waals surface area contributed by atoms with Gasteiger partial charge in [-0.05, 0) is 47.9 Å². The van der Waals surface area contributed by atoms with Crippen molar-refractivity contribution in [2.75, 3.05) is 20.8 Å². The standard InChI is InChI=1S/C23H24ClNO4S/c1-4-29-22(26)13-17-12-20(30-23(17)15-5-8-18(24)9-6-15)11-16-7-10-19(27-2)14-21(16)25-28-3/h5-10,12H,4,11,13-14H2,1-3H3. The summed E-state index contributed by atoms with van der Waals surface area (Å²) in [6.45, 7) is 2.18. The summed E-state index contributed by atoms with van der Waals surface area (Å²) >= 11 is 7.71. The first-order chi connectivity index (χ1) is 14.5. The van der Waals surface area contributed by atoms with Crippen molar-refractivity contribution in [1.82, 2.24) is 0 Å². The van der Waals surface area contributed by atoms with Gasteiger partial charge in [-0.2, -0.15) is 0 Å². The molecule has 30 heavy (non-hydrogen) atoms. The zero-order valence-electron chi connectivity index (χ0n) is 17.2. The molecule has 7 heteroatoms. The fourth-order valence-corrected chi connectivity index (χ4v) is 4.57. The lowest BCUT2D eigenvalue weighted by Crippen LogP contribution is -2.11. The number of carbonyl (C=O) groups is 1. The minimum Gasteiger partial charge on any atom is -0.501 e. The summed E-state index contributed by atoms with van der Waals surface area (Å²) in [5.41, 5.74) is 3.87. The largest absolute Gasteiger partial charge is 0.501 e. The van der Waals surface area contributed by atoms with Gasteiger partial charge in [0.15, 0.2) is 0 Å². The Kier molecular flexibility index (Phi) is 7.71. The van der Waals surface area contributed by atoms with Crippen molar-refractivity contribution in [2.45, 2.75) is 26.2 Å². The molecule has 2 aromatic rings. The number of ether oxygens (including phenoxy) is 2. The third-order valence-electron chi connectivity index (χ3n) is 4.62. The highest BCUT2D eigenvalue weighted by atomic mass is 35.5. The van der Waals surface area contributed by atoms with Crippen molar-refractivity contribution in [1.29, 1.82) is 0 Å². The van der Waals surface area contributed by atoms with Crippen LogP contribution in [0.2, 0.25) is 5.02 Å². The predicted octanol–water partition coefficient (Wildman–Crippen LogP) is 5.58. The van der Waals surface area contributed by atoms with Gasteiger partial charge >= 0.3 is 5.97 Å². The highest BCUT2D eigenvalue weighted by Gasteiger charge is 2.20. The molecule has 0 fully saturated rings. The van der Waals surface area contributed by atoms with Crippen LogP contribution in [-0.4, -0.2) is 32.5 Å². The average molecular weight is 446 g/mol. The molecule has 0 radical (unpaired) electrons. The van der Waals surface area contributed by atoms with E-state index in [4.69, 9.17) is 25.9 Å². The second-order valence-corrected chi connectivity index (χ2v) is 8.23. The summed E-state index contributed by atoms with van der Waals surface area (Å²) in [7, 11) is 3.19. The van der Waals surface area contributed by atoms with Gasteiger partial charge in [0, 0.05) is 21.2 Å². The van der Waals surface area contributed by atoms with E-state index >= 15 is 0 Å². The molecule has 0 atom stereocenters. The van der Waals surface area contributed by atoms with E-state index in [0.29, 0.717) is 24.5 Å². The van der Waals surface area contributed by atoms with Gasteiger partial charge in [-0.1, -0.05) is 35.0 Å². The summed E-state index contributed by atoms with van der Waals surface area (Å²) < 4.78 is 10.5. The Morgan fingerprint density at radius 1 is 1.20 bits per heavy atom. The minimum absolute atomic E-state index is 0.230. The highest BCUT2D eigenvalue weighted by Crippen LogP contribution is 2.36. The fraction of sp³-hybridized carbons (Fsp3) is 0.304. The molecule has 3 rings (SSSR count). The molecule has 5 nitrogen and oxygen atoms in total. The maximum Gasteiger partial charge on any atom is 0.310 e. The number of rotatable bonds is 8. The van der Waals surface area contributed by atoms with Crippen molar-refractivity contribution in [3.05, 3.63) is 69.3 Å². The summed E-state index contributed by atoms with van der Waals surface area (Å²) in [5.74, 6) is 0.605. The van der Waals surface area contributed by atoms with Gasteiger partial charge < -0.3 is 14.3 Å². The lowest BCUT2D eigenvalue weighted by molar-refractivity contribution is -0.142. The number of esters is 1. The Bertz CT molecular complexity index is 989. The molecule has 0 aliphatic heterocycles. The summed E-state index contributed by atoms with van der Waals surface area (Å²) in [6, 6.07) is 9.73. The van der Waals surface area contributed by atoms with Crippen LogP contribution in [0.4, 0.5) is 0 Å². The van der Waals surface area contributed by atoms with E-state index in [-0.39, 0.29) is 12.4 Å². The van der Waals surface area contributed by atoms with Gasteiger partial charge in [-0.25, -0.2) is 0 Å². The summed E-state index contributed by atoms with van der Waals surface area (Å²) in [4.78, 5) is 19.3. The topological polar surface area (TPSA) is 57.1 Å². The molecule has 0 spiro atoms. The van der Waals surface area contributed by atoms with E-state index in [1.54, 1.807) is 18.4 Å². The summed E-state index contributed by atoms with van der Waals surface area (Å²) in [5, 5.41) is 4.85. The normalized spacial score (nSPS) is 14.9. The number of allylic oxidation sites excluding steroid dienone is 4. The zero-order valence-corrected chi connectivity index (χ0v) is 18.8. The number of hydrogen-bond donors (Lipinski definition) is 0. The van der Waals surface area contributed by atoms with E-state index in [1.807, 2.05) is 43.3 Å². The second kappa shape index (κ2) is 10.5. The van der Waals surface area contributed by atoms with Crippen LogP contribution in [0.25, 0.3) is 10.4 Å². The molecule has 158 valence electrons. The highest BCUT2D eigenvalue weighted by molar-refractivity contribution is 7.15. The minimum atomic E-state index is -0.233. The second-order valence-electron chi connectivity index (χ2n) is 6.66. The monoisotopic (exact) mass is 445 g/mol. The molecule has 1 aliphatic rings. The van der Waals surface area contributed by atoms with Crippen molar-refractivity contribution >= 4 is 34.6 Å². The summed E-state index contributed by atoms with van der Waals surface area (Å²) in [6.07, 6.45) is 5.46.